The molecule has 1 N–H and O–H groups in total. The summed E-state index contributed by atoms with van der Waals surface area (Å²) in [6.45, 7) is 0.0128. The Bertz CT molecular complexity index is 601. The highest BCUT2D eigenvalue weighted by molar-refractivity contribution is 5.43. The zero-order chi connectivity index (χ0) is 15.2. The second kappa shape index (κ2) is 6.95. The Labute approximate surface area is 122 Å². The molecule has 1 atom stereocenters. The minimum absolute atomic E-state index is 0.0128. The van der Waals surface area contributed by atoms with Crippen molar-refractivity contribution in [1.29, 1.82) is 0 Å². The highest BCUT2D eigenvalue weighted by atomic mass is 19.1. The van der Waals surface area contributed by atoms with E-state index in [1.807, 2.05) is 0 Å². The molecule has 112 valence electrons. The lowest BCUT2D eigenvalue weighted by atomic mass is 10.1. The Kier molecular flexibility index (Phi) is 5.00. The molecule has 0 heterocycles. The van der Waals surface area contributed by atoms with E-state index < -0.39 is 6.10 Å². The van der Waals surface area contributed by atoms with Crippen LogP contribution in [0.25, 0.3) is 0 Å². The van der Waals surface area contributed by atoms with Crippen molar-refractivity contribution < 1.29 is 23.7 Å². The molecule has 0 aromatic heterocycles. The SMILES string of the molecule is COc1ccc(C(O)COc2cccc(F)c2)cc1OC. The number of hydrogen-bond donors (Lipinski definition) is 1. The molecule has 0 aliphatic heterocycles. The highest BCUT2D eigenvalue weighted by Gasteiger charge is 2.12. The number of halogens is 1. The minimum atomic E-state index is -0.854. The van der Waals surface area contributed by atoms with Crippen molar-refractivity contribution in [2.75, 3.05) is 20.8 Å². The molecular formula is C16H17FO4. The van der Waals surface area contributed by atoms with E-state index in [-0.39, 0.29) is 12.4 Å². The monoisotopic (exact) mass is 292 g/mol. The van der Waals surface area contributed by atoms with Crippen molar-refractivity contribution in [1.82, 2.24) is 0 Å². The molecule has 0 bridgehead atoms. The van der Waals surface area contributed by atoms with Crippen molar-refractivity contribution in [2.45, 2.75) is 6.10 Å². The van der Waals surface area contributed by atoms with Crippen molar-refractivity contribution in [3.63, 3.8) is 0 Å². The van der Waals surface area contributed by atoms with Crippen LogP contribution in [0, 0.1) is 5.82 Å². The van der Waals surface area contributed by atoms with E-state index in [4.69, 9.17) is 14.2 Å². The minimum Gasteiger partial charge on any atom is -0.493 e. The molecule has 5 heteroatoms. The third-order valence-electron chi connectivity index (χ3n) is 3.00. The van der Waals surface area contributed by atoms with Gasteiger partial charge in [0.25, 0.3) is 0 Å². The van der Waals surface area contributed by atoms with Gasteiger partial charge in [0.1, 0.15) is 24.3 Å². The smallest absolute Gasteiger partial charge is 0.161 e. The van der Waals surface area contributed by atoms with Gasteiger partial charge in [0, 0.05) is 6.07 Å². The number of ether oxygens (including phenoxy) is 3. The van der Waals surface area contributed by atoms with Gasteiger partial charge in [-0.15, -0.1) is 0 Å². The summed E-state index contributed by atoms with van der Waals surface area (Å²) < 4.78 is 28.7. The first kappa shape index (κ1) is 15.1. The van der Waals surface area contributed by atoms with Crippen LogP contribution in [0.4, 0.5) is 4.39 Å². The number of methoxy groups -OCH3 is 2. The fourth-order valence-corrected chi connectivity index (χ4v) is 1.89. The number of aliphatic hydroxyl groups is 1. The van der Waals surface area contributed by atoms with E-state index >= 15 is 0 Å². The number of benzene rings is 2. The van der Waals surface area contributed by atoms with Crippen LogP contribution in [0.15, 0.2) is 42.5 Å². The molecular weight excluding hydrogens is 275 g/mol. The molecule has 0 aliphatic rings. The lowest BCUT2D eigenvalue weighted by Gasteiger charge is -2.15. The summed E-state index contributed by atoms with van der Waals surface area (Å²) in [5.74, 6) is 1.10. The van der Waals surface area contributed by atoms with Gasteiger partial charge >= 0.3 is 0 Å². The predicted octanol–water partition coefficient (Wildman–Crippen LogP) is 2.96. The summed E-state index contributed by atoms with van der Waals surface area (Å²) in [5, 5.41) is 10.1. The van der Waals surface area contributed by atoms with Crippen molar-refractivity contribution in [3.05, 3.63) is 53.8 Å². The molecule has 0 fully saturated rings. The lowest BCUT2D eigenvalue weighted by molar-refractivity contribution is 0.107. The Morgan fingerprint density at radius 3 is 2.48 bits per heavy atom. The van der Waals surface area contributed by atoms with Crippen molar-refractivity contribution in [2.24, 2.45) is 0 Å². The van der Waals surface area contributed by atoms with Gasteiger partial charge < -0.3 is 19.3 Å². The van der Waals surface area contributed by atoms with Gasteiger partial charge in [-0.05, 0) is 29.8 Å². The maximum atomic E-state index is 13.0. The second-order valence-electron chi connectivity index (χ2n) is 4.40. The van der Waals surface area contributed by atoms with Crippen LogP contribution in [0.5, 0.6) is 17.2 Å². The van der Waals surface area contributed by atoms with E-state index in [0.29, 0.717) is 22.8 Å². The molecule has 0 saturated carbocycles. The molecule has 0 radical (unpaired) electrons. The number of hydrogen-bond acceptors (Lipinski definition) is 4. The molecule has 0 amide bonds. The quantitative estimate of drug-likeness (QED) is 0.889. The molecule has 0 aliphatic carbocycles. The molecule has 0 spiro atoms. The Morgan fingerprint density at radius 1 is 1.05 bits per heavy atom. The zero-order valence-corrected chi connectivity index (χ0v) is 11.9. The average molecular weight is 292 g/mol. The van der Waals surface area contributed by atoms with Gasteiger partial charge in [-0.25, -0.2) is 4.39 Å². The third kappa shape index (κ3) is 3.86. The van der Waals surface area contributed by atoms with E-state index in [2.05, 4.69) is 0 Å². The topological polar surface area (TPSA) is 47.9 Å². The molecule has 0 saturated heterocycles. The van der Waals surface area contributed by atoms with Gasteiger partial charge in [-0.3, -0.25) is 0 Å². The summed E-state index contributed by atoms with van der Waals surface area (Å²) in [6, 6.07) is 10.9. The fourth-order valence-electron chi connectivity index (χ4n) is 1.89. The maximum absolute atomic E-state index is 13.0. The van der Waals surface area contributed by atoms with Gasteiger partial charge in [0.15, 0.2) is 11.5 Å². The normalized spacial score (nSPS) is 11.8. The molecule has 4 nitrogen and oxygen atoms in total. The van der Waals surface area contributed by atoms with E-state index in [0.717, 1.165) is 0 Å². The van der Waals surface area contributed by atoms with E-state index in [1.54, 1.807) is 37.4 Å². The summed E-state index contributed by atoms with van der Waals surface area (Å²) in [4.78, 5) is 0. The maximum Gasteiger partial charge on any atom is 0.161 e. The van der Waals surface area contributed by atoms with Crippen LogP contribution in [0.1, 0.15) is 11.7 Å². The summed E-state index contributed by atoms with van der Waals surface area (Å²) >= 11 is 0. The Morgan fingerprint density at radius 2 is 1.81 bits per heavy atom. The summed E-state index contributed by atoms with van der Waals surface area (Å²) in [5.41, 5.74) is 0.629. The predicted molar refractivity (Wildman–Crippen MR) is 76.4 cm³/mol. The Hall–Kier alpha value is -2.27. The first-order valence-corrected chi connectivity index (χ1v) is 6.42. The van der Waals surface area contributed by atoms with Gasteiger partial charge in [0.05, 0.1) is 14.2 Å². The van der Waals surface area contributed by atoms with Crippen LogP contribution in [-0.2, 0) is 0 Å². The van der Waals surface area contributed by atoms with Crippen LogP contribution in [0.2, 0.25) is 0 Å². The lowest BCUT2D eigenvalue weighted by Crippen LogP contribution is -2.10. The van der Waals surface area contributed by atoms with E-state index in [9.17, 15) is 9.50 Å². The van der Waals surface area contributed by atoms with E-state index in [1.165, 1.54) is 19.2 Å². The zero-order valence-electron chi connectivity index (χ0n) is 11.9. The molecule has 2 aromatic rings. The first-order valence-electron chi connectivity index (χ1n) is 6.42. The van der Waals surface area contributed by atoms with Crippen LogP contribution in [-0.4, -0.2) is 25.9 Å². The summed E-state index contributed by atoms with van der Waals surface area (Å²) in [6.07, 6.45) is -0.854. The van der Waals surface area contributed by atoms with Crippen LogP contribution in [0.3, 0.4) is 0 Å². The first-order chi connectivity index (χ1) is 10.1. The molecule has 2 aromatic carbocycles. The summed E-state index contributed by atoms with van der Waals surface area (Å²) in [7, 11) is 3.07. The Balaban J connectivity index is 2.04. The van der Waals surface area contributed by atoms with Crippen LogP contribution < -0.4 is 14.2 Å². The van der Waals surface area contributed by atoms with Crippen molar-refractivity contribution >= 4 is 0 Å². The second-order valence-corrected chi connectivity index (χ2v) is 4.40. The van der Waals surface area contributed by atoms with Gasteiger partial charge in [0.2, 0.25) is 0 Å². The highest BCUT2D eigenvalue weighted by Crippen LogP contribution is 2.30. The van der Waals surface area contributed by atoms with Crippen LogP contribution >= 0.6 is 0 Å². The number of aliphatic hydroxyl groups excluding tert-OH is 1. The van der Waals surface area contributed by atoms with Crippen molar-refractivity contribution in [3.8, 4) is 17.2 Å². The molecule has 2 rings (SSSR count). The fraction of sp³-hybridized carbons (Fsp3) is 0.250. The largest absolute Gasteiger partial charge is 0.493 e. The average Bonchev–Trinajstić information content (AvgIpc) is 2.52. The van der Waals surface area contributed by atoms with Gasteiger partial charge in [-0.1, -0.05) is 12.1 Å². The number of rotatable bonds is 6. The third-order valence-corrected chi connectivity index (χ3v) is 3.00. The molecule has 21 heavy (non-hydrogen) atoms. The standard InChI is InChI=1S/C16H17FO4/c1-19-15-7-6-11(8-16(15)20-2)14(18)10-21-13-5-3-4-12(17)9-13/h3-9,14,18H,10H2,1-2H3. The molecule has 1 unspecified atom stereocenters. The van der Waals surface area contributed by atoms with Gasteiger partial charge in [-0.2, -0.15) is 0 Å².